The summed E-state index contributed by atoms with van der Waals surface area (Å²) in [6.45, 7) is 0. The first-order valence-corrected chi connectivity index (χ1v) is 7.52. The zero-order chi connectivity index (χ0) is 17.8. The number of aromatic nitrogens is 2. The molecule has 0 spiro atoms. The standard InChI is InChI=1S/C17H11ClF2N4O/c18-13-9-12(4-5-14(13)20)21-15-6-7-16(24-23-15)22-17(25)10-2-1-3-11(19)8-10/h1-9H,(H,21,23)(H,22,24,25). The second kappa shape index (κ2) is 7.23. The summed E-state index contributed by atoms with van der Waals surface area (Å²) in [6, 6.07) is 12.5. The quantitative estimate of drug-likeness (QED) is 0.723. The third-order valence-electron chi connectivity index (χ3n) is 3.18. The van der Waals surface area contributed by atoms with Crippen LogP contribution in [-0.2, 0) is 0 Å². The van der Waals surface area contributed by atoms with Crippen LogP contribution in [-0.4, -0.2) is 16.1 Å². The van der Waals surface area contributed by atoms with Crippen molar-refractivity contribution in [3.8, 4) is 0 Å². The van der Waals surface area contributed by atoms with Crippen molar-refractivity contribution in [2.75, 3.05) is 10.6 Å². The van der Waals surface area contributed by atoms with Crippen LogP contribution in [0.3, 0.4) is 0 Å². The fraction of sp³-hybridized carbons (Fsp3) is 0. The van der Waals surface area contributed by atoms with Crippen molar-refractivity contribution < 1.29 is 13.6 Å². The Morgan fingerprint density at radius 3 is 2.40 bits per heavy atom. The molecule has 8 heteroatoms. The molecule has 1 aromatic heterocycles. The Hall–Kier alpha value is -3.06. The molecule has 3 rings (SSSR count). The maximum Gasteiger partial charge on any atom is 0.256 e. The lowest BCUT2D eigenvalue weighted by atomic mass is 10.2. The molecule has 5 nitrogen and oxygen atoms in total. The lowest BCUT2D eigenvalue weighted by molar-refractivity contribution is 0.102. The van der Waals surface area contributed by atoms with Crippen molar-refractivity contribution in [3.63, 3.8) is 0 Å². The molecule has 1 amide bonds. The summed E-state index contributed by atoms with van der Waals surface area (Å²) in [5.41, 5.74) is 0.710. The molecule has 2 N–H and O–H groups in total. The van der Waals surface area contributed by atoms with Gasteiger partial charge < -0.3 is 10.6 Å². The number of benzene rings is 2. The summed E-state index contributed by atoms with van der Waals surface area (Å²) in [5, 5.41) is 13.2. The minimum absolute atomic E-state index is 0.0167. The van der Waals surface area contributed by atoms with Crippen molar-refractivity contribution in [3.05, 3.63) is 76.8 Å². The van der Waals surface area contributed by atoms with Gasteiger partial charge in [-0.05, 0) is 48.5 Å². The average Bonchev–Trinajstić information content (AvgIpc) is 2.60. The van der Waals surface area contributed by atoms with Crippen LogP contribution in [0, 0.1) is 11.6 Å². The van der Waals surface area contributed by atoms with E-state index in [0.717, 1.165) is 6.07 Å². The molecule has 1 heterocycles. The number of amides is 1. The Kier molecular flexibility index (Phi) is 4.85. The van der Waals surface area contributed by atoms with Crippen LogP contribution in [0.2, 0.25) is 5.02 Å². The van der Waals surface area contributed by atoms with Crippen LogP contribution in [0.1, 0.15) is 10.4 Å². The number of anilines is 3. The van der Waals surface area contributed by atoms with Crippen molar-refractivity contribution >= 4 is 34.8 Å². The van der Waals surface area contributed by atoms with E-state index in [1.54, 1.807) is 6.07 Å². The minimum Gasteiger partial charge on any atom is -0.339 e. The molecule has 0 aliphatic rings. The molecule has 0 aliphatic carbocycles. The van der Waals surface area contributed by atoms with E-state index in [1.165, 1.54) is 42.5 Å². The predicted octanol–water partition coefficient (Wildman–Crippen LogP) is 4.40. The smallest absolute Gasteiger partial charge is 0.256 e. The van der Waals surface area contributed by atoms with Gasteiger partial charge in [0.25, 0.3) is 5.91 Å². The fourth-order valence-electron chi connectivity index (χ4n) is 2.01. The molecule has 0 atom stereocenters. The number of hydrogen-bond acceptors (Lipinski definition) is 4. The Morgan fingerprint density at radius 2 is 1.72 bits per heavy atom. The number of nitrogens with zero attached hydrogens (tertiary/aromatic N) is 2. The number of carbonyl (C=O) groups is 1. The molecule has 3 aromatic rings. The molecule has 0 unspecified atom stereocenters. The van der Waals surface area contributed by atoms with Crippen LogP contribution in [0.5, 0.6) is 0 Å². The van der Waals surface area contributed by atoms with E-state index in [-0.39, 0.29) is 16.4 Å². The molecule has 0 aliphatic heterocycles. The van der Waals surface area contributed by atoms with E-state index in [4.69, 9.17) is 11.6 Å². The van der Waals surface area contributed by atoms with Gasteiger partial charge in [0.15, 0.2) is 11.6 Å². The predicted molar refractivity (Wildman–Crippen MR) is 91.1 cm³/mol. The van der Waals surface area contributed by atoms with E-state index in [2.05, 4.69) is 20.8 Å². The first-order chi connectivity index (χ1) is 12.0. The second-order valence-electron chi connectivity index (χ2n) is 5.02. The van der Waals surface area contributed by atoms with Gasteiger partial charge in [-0.15, -0.1) is 10.2 Å². The Labute approximate surface area is 146 Å². The van der Waals surface area contributed by atoms with Gasteiger partial charge in [-0.1, -0.05) is 17.7 Å². The number of hydrogen-bond donors (Lipinski definition) is 2. The number of carbonyl (C=O) groups excluding carboxylic acids is 1. The van der Waals surface area contributed by atoms with Crippen LogP contribution in [0.15, 0.2) is 54.6 Å². The highest BCUT2D eigenvalue weighted by atomic mass is 35.5. The van der Waals surface area contributed by atoms with Gasteiger partial charge in [0.05, 0.1) is 5.02 Å². The molecule has 0 radical (unpaired) electrons. The Balaban J connectivity index is 1.67. The number of nitrogens with one attached hydrogen (secondary N) is 2. The third-order valence-corrected chi connectivity index (χ3v) is 3.47. The highest BCUT2D eigenvalue weighted by Gasteiger charge is 2.08. The molecular weight excluding hydrogens is 350 g/mol. The van der Waals surface area contributed by atoms with E-state index in [1.807, 2.05) is 0 Å². The van der Waals surface area contributed by atoms with Gasteiger partial charge in [-0.2, -0.15) is 0 Å². The summed E-state index contributed by atoms with van der Waals surface area (Å²) in [5.74, 6) is -0.937. The maximum absolute atomic E-state index is 13.1. The Bertz CT molecular complexity index is 919. The third kappa shape index (κ3) is 4.27. The molecule has 25 heavy (non-hydrogen) atoms. The summed E-state index contributed by atoms with van der Waals surface area (Å²) >= 11 is 5.71. The van der Waals surface area contributed by atoms with E-state index < -0.39 is 17.5 Å². The summed E-state index contributed by atoms with van der Waals surface area (Å²) in [6.07, 6.45) is 0. The van der Waals surface area contributed by atoms with Crippen molar-refractivity contribution in [1.29, 1.82) is 0 Å². The lowest BCUT2D eigenvalue weighted by Crippen LogP contribution is -2.13. The van der Waals surface area contributed by atoms with Gasteiger partial charge in [0, 0.05) is 11.3 Å². The first-order valence-electron chi connectivity index (χ1n) is 7.14. The first kappa shape index (κ1) is 16.8. The van der Waals surface area contributed by atoms with Crippen LogP contribution in [0.4, 0.5) is 26.1 Å². The van der Waals surface area contributed by atoms with Gasteiger partial charge in [-0.3, -0.25) is 4.79 Å². The largest absolute Gasteiger partial charge is 0.339 e. The van der Waals surface area contributed by atoms with Crippen LogP contribution >= 0.6 is 11.6 Å². The number of rotatable bonds is 4. The zero-order valence-corrected chi connectivity index (χ0v) is 13.4. The van der Waals surface area contributed by atoms with Gasteiger partial charge in [0.2, 0.25) is 0 Å². The van der Waals surface area contributed by atoms with Crippen molar-refractivity contribution in [1.82, 2.24) is 10.2 Å². The summed E-state index contributed by atoms with van der Waals surface area (Å²) in [4.78, 5) is 12.0. The molecule has 2 aromatic carbocycles. The topological polar surface area (TPSA) is 66.9 Å². The highest BCUT2D eigenvalue weighted by Crippen LogP contribution is 2.22. The lowest BCUT2D eigenvalue weighted by Gasteiger charge is -2.07. The maximum atomic E-state index is 13.1. The highest BCUT2D eigenvalue weighted by molar-refractivity contribution is 6.31. The normalized spacial score (nSPS) is 10.4. The second-order valence-corrected chi connectivity index (χ2v) is 5.43. The average molecular weight is 361 g/mol. The van der Waals surface area contributed by atoms with Gasteiger partial charge in [0.1, 0.15) is 11.6 Å². The molecular formula is C17H11ClF2N4O. The molecule has 0 saturated heterocycles. The van der Waals surface area contributed by atoms with Crippen molar-refractivity contribution in [2.45, 2.75) is 0 Å². The van der Waals surface area contributed by atoms with Crippen LogP contribution < -0.4 is 10.6 Å². The van der Waals surface area contributed by atoms with Gasteiger partial charge in [-0.25, -0.2) is 8.78 Å². The van der Waals surface area contributed by atoms with E-state index >= 15 is 0 Å². The Morgan fingerprint density at radius 1 is 0.960 bits per heavy atom. The summed E-state index contributed by atoms with van der Waals surface area (Å²) in [7, 11) is 0. The van der Waals surface area contributed by atoms with E-state index in [9.17, 15) is 13.6 Å². The van der Waals surface area contributed by atoms with E-state index in [0.29, 0.717) is 11.5 Å². The molecule has 0 bridgehead atoms. The monoisotopic (exact) mass is 360 g/mol. The van der Waals surface area contributed by atoms with Gasteiger partial charge >= 0.3 is 0 Å². The summed E-state index contributed by atoms with van der Waals surface area (Å²) < 4.78 is 26.3. The molecule has 126 valence electrons. The minimum atomic E-state index is -0.520. The number of halogens is 3. The molecule has 0 fully saturated rings. The van der Waals surface area contributed by atoms with Crippen molar-refractivity contribution in [2.24, 2.45) is 0 Å². The van der Waals surface area contributed by atoms with Crippen LogP contribution in [0.25, 0.3) is 0 Å². The fourth-order valence-corrected chi connectivity index (χ4v) is 2.19. The SMILES string of the molecule is O=C(Nc1ccc(Nc2ccc(F)c(Cl)c2)nn1)c1cccc(F)c1. The zero-order valence-electron chi connectivity index (χ0n) is 12.6. The molecule has 0 saturated carbocycles.